The van der Waals surface area contributed by atoms with Gasteiger partial charge in [-0.05, 0) is 6.42 Å². The van der Waals surface area contributed by atoms with Gasteiger partial charge in [-0.15, -0.1) is 0 Å². The van der Waals surface area contributed by atoms with E-state index in [0.29, 0.717) is 6.10 Å². The first-order valence-corrected chi connectivity index (χ1v) is 4.34. The van der Waals surface area contributed by atoms with Crippen LogP contribution in [0.5, 0.6) is 0 Å². The first kappa shape index (κ1) is 8.06. The van der Waals surface area contributed by atoms with Crippen molar-refractivity contribution < 1.29 is 4.74 Å². The van der Waals surface area contributed by atoms with Crippen molar-refractivity contribution in [1.29, 1.82) is 0 Å². The molecule has 1 unspecified atom stereocenters. The number of epoxide rings is 1. The first-order valence-electron chi connectivity index (χ1n) is 4.34. The van der Waals surface area contributed by atoms with Crippen LogP contribution in [0.15, 0.2) is 0 Å². The number of ether oxygens (including phenoxy) is 1. The van der Waals surface area contributed by atoms with Crippen molar-refractivity contribution in [3.8, 4) is 0 Å². The van der Waals surface area contributed by atoms with E-state index in [9.17, 15) is 0 Å². The molecule has 59 valence electrons. The number of rotatable bonds is 6. The standard InChI is InChI=1S/C9H17O/c1-2-3-4-5-6-7-9-8-10-9/h9H,1-8H2. The summed E-state index contributed by atoms with van der Waals surface area (Å²) in [5, 5.41) is 0. The quantitative estimate of drug-likeness (QED) is 0.409. The van der Waals surface area contributed by atoms with Crippen LogP contribution in [0.2, 0.25) is 0 Å². The van der Waals surface area contributed by atoms with Crippen molar-refractivity contribution in [2.75, 3.05) is 6.61 Å². The maximum Gasteiger partial charge on any atom is 0.0810 e. The molecule has 1 aliphatic heterocycles. The van der Waals surface area contributed by atoms with Crippen LogP contribution in [-0.2, 0) is 4.74 Å². The molecule has 1 fully saturated rings. The third-order valence-corrected chi connectivity index (χ3v) is 1.93. The second-order valence-corrected chi connectivity index (χ2v) is 3.01. The van der Waals surface area contributed by atoms with Crippen molar-refractivity contribution in [3.63, 3.8) is 0 Å². The third-order valence-electron chi connectivity index (χ3n) is 1.93. The van der Waals surface area contributed by atoms with Gasteiger partial charge < -0.3 is 4.74 Å². The van der Waals surface area contributed by atoms with E-state index in [-0.39, 0.29) is 0 Å². The fourth-order valence-corrected chi connectivity index (χ4v) is 1.14. The molecule has 0 N–H and O–H groups in total. The van der Waals surface area contributed by atoms with Gasteiger partial charge in [0.05, 0.1) is 12.7 Å². The van der Waals surface area contributed by atoms with Crippen LogP contribution in [0.1, 0.15) is 38.5 Å². The minimum Gasteiger partial charge on any atom is -0.373 e. The molecule has 0 aromatic rings. The molecule has 1 heterocycles. The third kappa shape index (κ3) is 3.89. The molecular formula is C9H17O. The molecule has 1 rings (SSSR count). The fraction of sp³-hybridized carbons (Fsp3) is 0.889. The highest BCUT2D eigenvalue weighted by Gasteiger charge is 2.20. The van der Waals surface area contributed by atoms with Crippen LogP contribution in [0.25, 0.3) is 0 Å². The molecule has 0 spiro atoms. The lowest BCUT2D eigenvalue weighted by Gasteiger charge is -1.96. The minimum atomic E-state index is 0.639. The second-order valence-electron chi connectivity index (χ2n) is 3.01. The molecule has 1 aliphatic rings. The highest BCUT2D eigenvalue weighted by Crippen LogP contribution is 2.17. The van der Waals surface area contributed by atoms with E-state index in [1.165, 1.54) is 32.1 Å². The lowest BCUT2D eigenvalue weighted by atomic mass is 10.1. The van der Waals surface area contributed by atoms with Crippen LogP contribution in [0.3, 0.4) is 0 Å². The summed E-state index contributed by atoms with van der Waals surface area (Å²) in [5.41, 5.74) is 0. The summed E-state index contributed by atoms with van der Waals surface area (Å²) in [6.07, 6.45) is 8.40. The molecule has 0 aromatic carbocycles. The monoisotopic (exact) mass is 141 g/mol. The van der Waals surface area contributed by atoms with Gasteiger partial charge in [0, 0.05) is 0 Å². The first-order chi connectivity index (χ1) is 4.93. The average Bonchev–Trinajstić information content (AvgIpc) is 2.71. The van der Waals surface area contributed by atoms with E-state index in [4.69, 9.17) is 4.74 Å². The smallest absolute Gasteiger partial charge is 0.0810 e. The Kier molecular flexibility index (Phi) is 3.81. The molecule has 1 heteroatoms. The number of unbranched alkanes of at least 4 members (excludes halogenated alkanes) is 4. The second kappa shape index (κ2) is 4.73. The maximum atomic E-state index is 5.10. The van der Waals surface area contributed by atoms with Gasteiger partial charge in [0.2, 0.25) is 0 Å². The van der Waals surface area contributed by atoms with Crippen LogP contribution >= 0.6 is 0 Å². The minimum absolute atomic E-state index is 0.639. The van der Waals surface area contributed by atoms with Crippen molar-refractivity contribution in [2.24, 2.45) is 0 Å². The number of hydrogen-bond donors (Lipinski definition) is 0. The number of hydrogen-bond acceptors (Lipinski definition) is 1. The van der Waals surface area contributed by atoms with E-state index in [1.54, 1.807) is 0 Å². The molecule has 1 nitrogen and oxygen atoms in total. The highest BCUT2D eigenvalue weighted by atomic mass is 16.6. The molecule has 0 aliphatic carbocycles. The summed E-state index contributed by atoms with van der Waals surface area (Å²) in [6.45, 7) is 4.83. The Bertz CT molecular complexity index is 76.8. The summed E-state index contributed by atoms with van der Waals surface area (Å²) < 4.78 is 5.10. The molecule has 1 radical (unpaired) electrons. The Morgan fingerprint density at radius 1 is 1.20 bits per heavy atom. The van der Waals surface area contributed by atoms with E-state index in [0.717, 1.165) is 13.0 Å². The van der Waals surface area contributed by atoms with Crippen LogP contribution in [-0.4, -0.2) is 12.7 Å². The Morgan fingerprint density at radius 3 is 2.50 bits per heavy atom. The zero-order valence-electron chi connectivity index (χ0n) is 6.64. The SMILES string of the molecule is [CH2]CCCCCCC1CO1. The van der Waals surface area contributed by atoms with Gasteiger partial charge in [0.25, 0.3) is 0 Å². The van der Waals surface area contributed by atoms with E-state index in [1.807, 2.05) is 0 Å². The van der Waals surface area contributed by atoms with Gasteiger partial charge in [-0.3, -0.25) is 0 Å². The van der Waals surface area contributed by atoms with Crippen LogP contribution in [0.4, 0.5) is 0 Å². The van der Waals surface area contributed by atoms with Crippen molar-refractivity contribution in [2.45, 2.75) is 44.6 Å². The van der Waals surface area contributed by atoms with E-state index >= 15 is 0 Å². The summed E-state index contributed by atoms with van der Waals surface area (Å²) >= 11 is 0. The lowest BCUT2D eigenvalue weighted by molar-refractivity contribution is 0.388. The summed E-state index contributed by atoms with van der Waals surface area (Å²) in [7, 11) is 0. The van der Waals surface area contributed by atoms with Crippen LogP contribution < -0.4 is 0 Å². The van der Waals surface area contributed by atoms with Gasteiger partial charge in [-0.25, -0.2) is 0 Å². The van der Waals surface area contributed by atoms with Gasteiger partial charge in [0.1, 0.15) is 0 Å². The van der Waals surface area contributed by atoms with E-state index < -0.39 is 0 Å². The Balaban J connectivity index is 1.68. The van der Waals surface area contributed by atoms with Gasteiger partial charge in [-0.2, -0.15) is 0 Å². The predicted molar refractivity (Wildman–Crippen MR) is 42.8 cm³/mol. The Morgan fingerprint density at radius 2 is 1.90 bits per heavy atom. The fourth-order valence-electron chi connectivity index (χ4n) is 1.14. The molecule has 0 saturated carbocycles. The Labute approximate surface area is 63.8 Å². The topological polar surface area (TPSA) is 12.5 Å². The van der Waals surface area contributed by atoms with Crippen molar-refractivity contribution >= 4 is 0 Å². The molecular weight excluding hydrogens is 124 g/mol. The van der Waals surface area contributed by atoms with Gasteiger partial charge in [-0.1, -0.05) is 39.0 Å². The van der Waals surface area contributed by atoms with Crippen molar-refractivity contribution in [1.82, 2.24) is 0 Å². The largest absolute Gasteiger partial charge is 0.373 e. The molecule has 10 heavy (non-hydrogen) atoms. The summed E-state index contributed by atoms with van der Waals surface area (Å²) in [4.78, 5) is 0. The predicted octanol–water partition coefficient (Wildman–Crippen LogP) is 2.56. The molecule has 1 saturated heterocycles. The zero-order valence-corrected chi connectivity index (χ0v) is 6.64. The molecule has 0 bridgehead atoms. The van der Waals surface area contributed by atoms with Gasteiger partial charge >= 0.3 is 0 Å². The van der Waals surface area contributed by atoms with Crippen molar-refractivity contribution in [3.05, 3.63) is 6.92 Å². The Hall–Kier alpha value is -0.0400. The highest BCUT2D eigenvalue weighted by molar-refractivity contribution is 4.68. The molecule has 1 atom stereocenters. The maximum absolute atomic E-state index is 5.10. The molecule has 0 aromatic heterocycles. The summed E-state index contributed by atoms with van der Waals surface area (Å²) in [6, 6.07) is 0. The van der Waals surface area contributed by atoms with Crippen LogP contribution in [0, 0.1) is 6.92 Å². The summed E-state index contributed by atoms with van der Waals surface area (Å²) in [5.74, 6) is 0. The average molecular weight is 141 g/mol. The van der Waals surface area contributed by atoms with E-state index in [2.05, 4.69) is 6.92 Å². The lowest BCUT2D eigenvalue weighted by Crippen LogP contribution is -1.84. The zero-order chi connectivity index (χ0) is 7.23. The normalized spacial score (nSPS) is 23.1. The van der Waals surface area contributed by atoms with Gasteiger partial charge in [0.15, 0.2) is 0 Å². The molecule has 0 amide bonds.